The molecular formula is C35H32ClF3N8O6. The Morgan fingerprint density at radius 3 is 2.21 bits per heavy atom. The van der Waals surface area contributed by atoms with Crippen LogP contribution in [-0.4, -0.2) is 75.2 Å². The lowest BCUT2D eigenvalue weighted by Crippen LogP contribution is -2.43. The van der Waals surface area contributed by atoms with Gasteiger partial charge in [0.1, 0.15) is 6.04 Å². The van der Waals surface area contributed by atoms with E-state index in [9.17, 15) is 37.5 Å². The molecule has 1 aliphatic rings. The zero-order chi connectivity index (χ0) is 38.2. The summed E-state index contributed by atoms with van der Waals surface area (Å²) in [6, 6.07) is 17.2. The molecule has 5 rings (SSSR count). The summed E-state index contributed by atoms with van der Waals surface area (Å²) in [5.41, 5.74) is 1.92. The molecule has 276 valence electrons. The van der Waals surface area contributed by atoms with Gasteiger partial charge in [0, 0.05) is 35.5 Å². The molecule has 1 aromatic heterocycles. The highest BCUT2D eigenvalue weighted by molar-refractivity contribution is 6.36. The number of aliphatic carboxylic acids is 1. The molecule has 1 heterocycles. The van der Waals surface area contributed by atoms with Crippen LogP contribution in [0, 0.1) is 5.41 Å². The van der Waals surface area contributed by atoms with E-state index in [4.69, 9.17) is 21.7 Å². The first kappa shape index (κ1) is 38.1. The van der Waals surface area contributed by atoms with E-state index in [2.05, 4.69) is 36.2 Å². The number of halogens is 4. The minimum Gasteiger partial charge on any atom is -0.480 e. The van der Waals surface area contributed by atoms with E-state index in [0.717, 1.165) is 11.8 Å². The first-order chi connectivity index (χ1) is 25.2. The Bertz CT molecular complexity index is 1980. The van der Waals surface area contributed by atoms with Gasteiger partial charge in [-0.15, -0.1) is 0 Å². The van der Waals surface area contributed by atoms with Crippen LogP contribution < -0.4 is 26.0 Å². The fourth-order valence-electron chi connectivity index (χ4n) is 5.03. The zero-order valence-corrected chi connectivity index (χ0v) is 28.4. The smallest absolute Gasteiger partial charge is 0.422 e. The van der Waals surface area contributed by atoms with Gasteiger partial charge in [0.15, 0.2) is 6.61 Å². The topological polar surface area (TPSA) is 208 Å². The fourth-order valence-corrected chi connectivity index (χ4v) is 5.16. The van der Waals surface area contributed by atoms with E-state index in [1.54, 1.807) is 36.4 Å². The van der Waals surface area contributed by atoms with Gasteiger partial charge in [-0.1, -0.05) is 48.0 Å². The molecule has 6 N–H and O–H groups in total. The monoisotopic (exact) mass is 752 g/mol. The number of anilines is 3. The minimum absolute atomic E-state index is 0.0437. The summed E-state index contributed by atoms with van der Waals surface area (Å²) in [4.78, 5) is 61.6. The van der Waals surface area contributed by atoms with Gasteiger partial charge in [-0.05, 0) is 72.4 Å². The van der Waals surface area contributed by atoms with Gasteiger partial charge in [0.25, 0.3) is 11.8 Å². The van der Waals surface area contributed by atoms with Crippen molar-refractivity contribution in [2.24, 2.45) is 0 Å². The molecule has 3 aromatic carbocycles. The van der Waals surface area contributed by atoms with Crippen LogP contribution in [0.2, 0.25) is 5.02 Å². The van der Waals surface area contributed by atoms with Crippen LogP contribution in [-0.2, 0) is 26.3 Å². The van der Waals surface area contributed by atoms with Crippen LogP contribution in [0.15, 0.2) is 72.8 Å². The second-order valence-electron chi connectivity index (χ2n) is 12.0. The Hall–Kier alpha value is -6.10. The Kier molecular flexibility index (Phi) is 11.9. The quantitative estimate of drug-likeness (QED) is 0.0637. The van der Waals surface area contributed by atoms with Gasteiger partial charge >= 0.3 is 18.2 Å². The summed E-state index contributed by atoms with van der Waals surface area (Å²) in [7, 11) is 0. The first-order valence-corrected chi connectivity index (χ1v) is 16.4. The van der Waals surface area contributed by atoms with Gasteiger partial charge in [0.2, 0.25) is 17.7 Å². The molecule has 0 saturated heterocycles. The predicted molar refractivity (Wildman–Crippen MR) is 187 cm³/mol. The van der Waals surface area contributed by atoms with Crippen LogP contribution in [0.4, 0.5) is 30.8 Å². The Morgan fingerprint density at radius 2 is 1.60 bits per heavy atom. The van der Waals surface area contributed by atoms with Gasteiger partial charge < -0.3 is 36.5 Å². The van der Waals surface area contributed by atoms with Gasteiger partial charge in [-0.25, -0.2) is 4.79 Å². The number of amides is 2. The largest absolute Gasteiger partial charge is 0.480 e. The third-order valence-electron chi connectivity index (χ3n) is 7.97. The van der Waals surface area contributed by atoms with Crippen LogP contribution in [0.1, 0.15) is 46.3 Å². The summed E-state index contributed by atoms with van der Waals surface area (Å²) in [5.74, 6) is -3.96. The second kappa shape index (κ2) is 16.5. The second-order valence-corrected chi connectivity index (χ2v) is 12.4. The highest BCUT2D eigenvalue weighted by Gasteiger charge is 2.45. The Balaban J connectivity index is 1.18. The van der Waals surface area contributed by atoms with Crippen molar-refractivity contribution in [3.63, 3.8) is 0 Å². The maximum Gasteiger partial charge on any atom is 0.422 e. The van der Waals surface area contributed by atoms with Crippen molar-refractivity contribution < 1.29 is 42.2 Å². The number of aromatic nitrogens is 3. The molecule has 2 amide bonds. The molecular weight excluding hydrogens is 721 g/mol. The maximum absolute atomic E-state index is 12.9. The van der Waals surface area contributed by atoms with Crippen LogP contribution >= 0.6 is 11.6 Å². The van der Waals surface area contributed by atoms with Crippen molar-refractivity contribution in [2.45, 2.75) is 43.4 Å². The average Bonchev–Trinajstić information content (AvgIpc) is 3.90. The normalized spacial score (nSPS) is 13.6. The van der Waals surface area contributed by atoms with Crippen molar-refractivity contribution in [3.05, 3.63) is 100 Å². The molecule has 18 heteroatoms. The molecule has 1 saturated carbocycles. The van der Waals surface area contributed by atoms with E-state index >= 15 is 0 Å². The zero-order valence-electron chi connectivity index (χ0n) is 27.7. The number of hydrogen-bond donors (Lipinski definition) is 6. The molecule has 14 nitrogen and oxygen atoms in total. The number of carboxylic acid groups (broad SMARTS) is 1. The molecule has 0 radical (unpaired) electrons. The average molecular weight is 753 g/mol. The highest BCUT2D eigenvalue weighted by Crippen LogP contribution is 2.48. The summed E-state index contributed by atoms with van der Waals surface area (Å²) < 4.78 is 43.6. The maximum atomic E-state index is 12.9. The lowest BCUT2D eigenvalue weighted by molar-refractivity contribution is -0.154. The fraction of sp³-hybridized carbons (Fsp3) is 0.257. The number of nitrogens with one attached hydrogen (secondary N) is 5. The number of nitrogens with zero attached hydrogens (tertiary/aromatic N) is 3. The number of rotatable bonds is 17. The van der Waals surface area contributed by atoms with Crippen molar-refractivity contribution >= 4 is 59.0 Å². The van der Waals surface area contributed by atoms with E-state index < -0.39 is 53.9 Å². The predicted octanol–water partition coefficient (Wildman–Crippen LogP) is 4.81. The number of Topliss-reactive ketones (excluding diaryl/α,β-unsaturated/α-hetero) is 1. The number of ketones is 1. The molecule has 0 unspecified atom stereocenters. The summed E-state index contributed by atoms with van der Waals surface area (Å²) in [6.07, 6.45) is -2.51. The van der Waals surface area contributed by atoms with Gasteiger partial charge in [-0.3, -0.25) is 14.4 Å². The Morgan fingerprint density at radius 1 is 0.943 bits per heavy atom. The summed E-state index contributed by atoms with van der Waals surface area (Å²) in [5, 5.41) is 28.2. The van der Waals surface area contributed by atoms with Gasteiger partial charge in [-0.2, -0.15) is 28.1 Å². The summed E-state index contributed by atoms with van der Waals surface area (Å²) >= 11 is 6.01. The molecule has 0 spiro atoms. The molecule has 1 atom stereocenters. The number of carbonyl (C=O) groups is 4. The highest BCUT2D eigenvalue weighted by atomic mass is 35.5. The van der Waals surface area contributed by atoms with Crippen LogP contribution in [0.25, 0.3) is 0 Å². The molecule has 1 aliphatic carbocycles. The molecule has 4 aromatic rings. The molecule has 53 heavy (non-hydrogen) atoms. The number of benzene rings is 3. The SMILES string of the molecule is N=Cc1ccc(CC(=O)C(=O)NCC[C@@H](NC(=O)c2ccc(Nc3nc(NC4(c5ccc(Cl)cc5)CC4)nc(OCC(F)(F)F)n3)cc2)C(=O)O)cc1. The first-order valence-electron chi connectivity index (χ1n) is 16.0. The third-order valence-corrected chi connectivity index (χ3v) is 8.22. The number of alkyl halides is 3. The van der Waals surface area contributed by atoms with Crippen LogP contribution in [0.5, 0.6) is 6.01 Å². The lowest BCUT2D eigenvalue weighted by Gasteiger charge is -2.19. The lowest BCUT2D eigenvalue weighted by atomic mass is 10.1. The minimum atomic E-state index is -4.64. The van der Waals surface area contributed by atoms with Crippen molar-refractivity contribution in [1.29, 1.82) is 5.41 Å². The third kappa shape index (κ3) is 10.9. The Labute approximate surface area is 305 Å². The number of ether oxygens (including phenoxy) is 1. The van der Waals surface area contributed by atoms with E-state index in [1.807, 2.05) is 12.1 Å². The van der Waals surface area contributed by atoms with E-state index in [1.165, 1.54) is 24.3 Å². The van der Waals surface area contributed by atoms with Crippen LogP contribution in [0.3, 0.4) is 0 Å². The van der Waals surface area contributed by atoms with E-state index in [-0.39, 0.29) is 36.8 Å². The summed E-state index contributed by atoms with van der Waals surface area (Å²) in [6.45, 7) is -1.85. The van der Waals surface area contributed by atoms with Crippen molar-refractivity contribution in [2.75, 3.05) is 23.8 Å². The number of hydrogen-bond acceptors (Lipinski definition) is 11. The molecule has 1 fully saturated rings. The molecule has 0 aliphatic heterocycles. The van der Waals surface area contributed by atoms with Crippen molar-refractivity contribution in [3.8, 4) is 6.01 Å². The molecule has 0 bridgehead atoms. The van der Waals surface area contributed by atoms with Crippen molar-refractivity contribution in [1.82, 2.24) is 25.6 Å². The van der Waals surface area contributed by atoms with Gasteiger partial charge in [0.05, 0.1) is 5.54 Å². The van der Waals surface area contributed by atoms with E-state index in [0.29, 0.717) is 34.7 Å². The standard InChI is InChI=1S/C35H32ClF3N8O6/c36-24-9-7-23(8-10-24)34(14-15-34)47-32-44-31(45-33(46-32)53-19-35(37,38)39)42-25-11-5-22(6-12-25)28(49)43-26(30(51)52)13-16-41-29(50)27(48)17-20-1-3-21(18-40)4-2-20/h1-12,18,26,40H,13-17,19H2,(H,41,50)(H,43,49)(H,51,52)(H2,42,44,45,46,47)/t26-/m1/s1. The number of carboxylic acids is 1. The number of carbonyl (C=O) groups excluding carboxylic acids is 3.